The van der Waals surface area contributed by atoms with E-state index in [0.29, 0.717) is 30.4 Å². The molecule has 1 saturated heterocycles. The van der Waals surface area contributed by atoms with Crippen LogP contribution in [0.2, 0.25) is 0 Å². The first-order chi connectivity index (χ1) is 17.9. The van der Waals surface area contributed by atoms with E-state index in [1.807, 2.05) is 6.07 Å². The molecule has 1 fully saturated rings. The maximum atomic E-state index is 12.8. The largest absolute Gasteiger partial charge is 0.387 e. The van der Waals surface area contributed by atoms with Gasteiger partial charge >= 0.3 is 0 Å². The topological polar surface area (TPSA) is 182 Å². The Morgan fingerprint density at radius 1 is 1.13 bits per heavy atom. The molecule has 0 aliphatic carbocycles. The summed E-state index contributed by atoms with van der Waals surface area (Å²) in [6.45, 7) is 6.48. The number of sulfone groups is 1. The van der Waals surface area contributed by atoms with Crippen LogP contribution >= 0.6 is 0 Å². The number of hydrogen-bond acceptors (Lipinski definition) is 10. The van der Waals surface area contributed by atoms with E-state index in [2.05, 4.69) is 57.8 Å². The van der Waals surface area contributed by atoms with Crippen LogP contribution < -0.4 is 5.73 Å². The van der Waals surface area contributed by atoms with Gasteiger partial charge in [-0.3, -0.25) is 4.57 Å². The minimum Gasteiger partial charge on any atom is -0.387 e. The van der Waals surface area contributed by atoms with E-state index in [1.54, 1.807) is 0 Å². The van der Waals surface area contributed by atoms with E-state index < -0.39 is 40.1 Å². The standard InChI is InChI=1S/C25H33N7O5S/c1-25(2,3)14-7-8-15-16(10-14)31-18(30-15)6-4-5-9-38(35,36)11-17-20(33)21(34)24(37-17)32-13-29-19-22(26)27-12-28-23(19)32/h7-8,10,12-13,17,20-21,24,33-34H,4-6,9,11H2,1-3H3,(H,30,31)(H2,26,27,28)/t17-,20-,21-,24?/m1/s1. The summed E-state index contributed by atoms with van der Waals surface area (Å²) in [5, 5.41) is 21.1. The maximum Gasteiger partial charge on any atom is 0.167 e. The predicted octanol–water partition coefficient (Wildman–Crippen LogP) is 1.64. The van der Waals surface area contributed by atoms with Gasteiger partial charge in [0.2, 0.25) is 0 Å². The first-order valence-corrected chi connectivity index (χ1v) is 14.4. The van der Waals surface area contributed by atoms with Gasteiger partial charge in [0.25, 0.3) is 0 Å². The number of nitrogens with zero attached hydrogens (tertiary/aromatic N) is 5. The Kier molecular flexibility index (Phi) is 6.88. The van der Waals surface area contributed by atoms with Crippen LogP contribution in [-0.4, -0.2) is 77.9 Å². The Bertz CT molecular complexity index is 1560. The highest BCUT2D eigenvalue weighted by Crippen LogP contribution is 2.33. The molecule has 4 atom stereocenters. The van der Waals surface area contributed by atoms with Crippen LogP contribution in [0, 0.1) is 0 Å². The molecule has 0 saturated carbocycles. The first-order valence-electron chi connectivity index (χ1n) is 12.6. The molecule has 1 aliphatic rings. The average molecular weight is 544 g/mol. The molecule has 1 unspecified atom stereocenters. The highest BCUT2D eigenvalue weighted by molar-refractivity contribution is 7.91. The average Bonchev–Trinajstić information content (AvgIpc) is 3.53. The summed E-state index contributed by atoms with van der Waals surface area (Å²) < 4.78 is 32.8. The quantitative estimate of drug-likeness (QED) is 0.238. The number of nitrogens with two attached hydrogens (primary N) is 1. The van der Waals surface area contributed by atoms with E-state index in [0.717, 1.165) is 16.9 Å². The number of aliphatic hydroxyl groups excluding tert-OH is 2. The molecule has 0 radical (unpaired) electrons. The second-order valence-corrected chi connectivity index (χ2v) is 13.1. The molecule has 38 heavy (non-hydrogen) atoms. The van der Waals surface area contributed by atoms with Crippen LogP contribution in [0.25, 0.3) is 22.2 Å². The van der Waals surface area contributed by atoms with Crippen molar-refractivity contribution in [2.24, 2.45) is 0 Å². The van der Waals surface area contributed by atoms with Crippen molar-refractivity contribution in [3.05, 3.63) is 42.2 Å². The summed E-state index contributed by atoms with van der Waals surface area (Å²) in [6.07, 6.45) is -0.594. The third-order valence-corrected chi connectivity index (χ3v) is 8.68. The Morgan fingerprint density at radius 2 is 1.92 bits per heavy atom. The first kappa shape index (κ1) is 26.5. The summed E-state index contributed by atoms with van der Waals surface area (Å²) in [5.74, 6) is 0.511. The van der Waals surface area contributed by atoms with Crippen molar-refractivity contribution in [2.75, 3.05) is 17.2 Å². The fraction of sp³-hybridized carbons (Fsp3) is 0.520. The second kappa shape index (κ2) is 9.88. The lowest BCUT2D eigenvalue weighted by molar-refractivity contribution is -0.0292. The molecule has 0 bridgehead atoms. The number of nitrogens with one attached hydrogen (secondary N) is 1. The molecule has 1 aromatic carbocycles. The van der Waals surface area contributed by atoms with Crippen molar-refractivity contribution in [3.8, 4) is 0 Å². The normalized spacial score (nSPS) is 22.6. The van der Waals surface area contributed by atoms with Gasteiger partial charge in [-0.2, -0.15) is 0 Å². The molecule has 0 spiro atoms. The van der Waals surface area contributed by atoms with Gasteiger partial charge in [-0.25, -0.2) is 28.4 Å². The van der Waals surface area contributed by atoms with Gasteiger partial charge in [0, 0.05) is 6.42 Å². The Hall–Kier alpha value is -3.13. The van der Waals surface area contributed by atoms with Gasteiger partial charge in [0.15, 0.2) is 27.5 Å². The van der Waals surface area contributed by atoms with Gasteiger partial charge in [-0.15, -0.1) is 0 Å². The predicted molar refractivity (Wildman–Crippen MR) is 142 cm³/mol. The Labute approximate surface area is 220 Å². The molecule has 5 N–H and O–H groups in total. The van der Waals surface area contributed by atoms with Gasteiger partial charge in [-0.05, 0) is 36.0 Å². The summed E-state index contributed by atoms with van der Waals surface area (Å²) in [6, 6.07) is 6.20. The number of imidazole rings is 2. The van der Waals surface area contributed by atoms with E-state index in [9.17, 15) is 18.6 Å². The molecule has 0 amide bonds. The van der Waals surface area contributed by atoms with Gasteiger partial charge < -0.3 is 25.7 Å². The lowest BCUT2D eigenvalue weighted by atomic mass is 9.87. The second-order valence-electron chi connectivity index (χ2n) is 10.9. The van der Waals surface area contributed by atoms with E-state index in [1.165, 1.54) is 22.8 Å². The van der Waals surface area contributed by atoms with Crippen LogP contribution in [0.5, 0.6) is 0 Å². The summed E-state index contributed by atoms with van der Waals surface area (Å²) >= 11 is 0. The minimum atomic E-state index is -3.56. The summed E-state index contributed by atoms with van der Waals surface area (Å²) in [4.78, 5) is 20.1. The molecule has 5 rings (SSSR count). The van der Waals surface area contributed by atoms with E-state index >= 15 is 0 Å². The number of aryl methyl sites for hydroxylation is 1. The zero-order valence-corrected chi connectivity index (χ0v) is 22.4. The number of rotatable bonds is 8. The molecule has 4 aromatic rings. The van der Waals surface area contributed by atoms with Crippen LogP contribution in [0.3, 0.4) is 0 Å². The van der Waals surface area contributed by atoms with Crippen molar-refractivity contribution in [3.63, 3.8) is 0 Å². The minimum absolute atomic E-state index is 0.0371. The van der Waals surface area contributed by atoms with E-state index in [-0.39, 0.29) is 17.0 Å². The number of hydrogen-bond donors (Lipinski definition) is 4. The number of aliphatic hydroxyl groups is 2. The molecule has 4 heterocycles. The van der Waals surface area contributed by atoms with Crippen LogP contribution in [0.1, 0.15) is 51.2 Å². The third kappa shape index (κ3) is 5.23. The highest BCUT2D eigenvalue weighted by atomic mass is 32.2. The zero-order chi connectivity index (χ0) is 27.2. The maximum absolute atomic E-state index is 12.8. The molecular weight excluding hydrogens is 510 g/mol. The number of ether oxygens (including phenoxy) is 1. The summed E-state index contributed by atoms with van der Waals surface area (Å²) in [5.41, 5.74) is 9.57. The van der Waals surface area contributed by atoms with Crippen molar-refractivity contribution in [1.29, 1.82) is 0 Å². The number of anilines is 1. The Balaban J connectivity index is 1.17. The third-order valence-electron chi connectivity index (χ3n) is 6.93. The van der Waals surface area contributed by atoms with Gasteiger partial charge in [-0.1, -0.05) is 26.8 Å². The lowest BCUT2D eigenvalue weighted by Gasteiger charge is -2.18. The highest BCUT2D eigenvalue weighted by Gasteiger charge is 2.45. The number of benzene rings is 1. The molecule has 13 heteroatoms. The molecule has 12 nitrogen and oxygen atoms in total. The number of fused-ring (bicyclic) bond motifs is 2. The van der Waals surface area contributed by atoms with Crippen LogP contribution in [0.4, 0.5) is 5.82 Å². The molecule has 3 aromatic heterocycles. The molecule has 1 aliphatic heterocycles. The van der Waals surface area contributed by atoms with Gasteiger partial charge in [0.1, 0.15) is 36.0 Å². The molecular formula is C25H33N7O5S. The van der Waals surface area contributed by atoms with Crippen LogP contribution in [0.15, 0.2) is 30.9 Å². The monoisotopic (exact) mass is 543 g/mol. The number of aromatic amines is 1. The lowest BCUT2D eigenvalue weighted by Crippen LogP contribution is -2.36. The number of aromatic nitrogens is 6. The zero-order valence-electron chi connectivity index (χ0n) is 21.6. The number of H-pyrrole nitrogens is 1. The Morgan fingerprint density at radius 3 is 2.68 bits per heavy atom. The van der Waals surface area contributed by atoms with Crippen LogP contribution in [-0.2, 0) is 26.4 Å². The van der Waals surface area contributed by atoms with Gasteiger partial charge in [0.05, 0.1) is 28.9 Å². The van der Waals surface area contributed by atoms with Crippen molar-refractivity contribution in [2.45, 2.75) is 70.0 Å². The summed E-state index contributed by atoms with van der Waals surface area (Å²) in [7, 11) is -3.56. The van der Waals surface area contributed by atoms with Crippen molar-refractivity contribution >= 4 is 37.9 Å². The van der Waals surface area contributed by atoms with Crippen molar-refractivity contribution in [1.82, 2.24) is 29.5 Å². The number of unbranched alkanes of at least 4 members (excludes halogenated alkanes) is 1. The molecule has 204 valence electrons. The fourth-order valence-corrected chi connectivity index (χ4v) is 6.34. The smallest absolute Gasteiger partial charge is 0.167 e. The SMILES string of the molecule is CC(C)(C)c1ccc2nc(CCCCS(=O)(=O)C[C@H]3OC(n4cnc5c(N)ncnc54)[C@H](O)[C@@H]3O)[nH]c2c1. The van der Waals surface area contributed by atoms with Crippen molar-refractivity contribution < 1.29 is 23.4 Å². The fourth-order valence-electron chi connectivity index (χ4n) is 4.75. The van der Waals surface area contributed by atoms with E-state index in [4.69, 9.17) is 10.5 Å². The number of nitrogen functional groups attached to an aromatic ring is 1.